The van der Waals surface area contributed by atoms with E-state index >= 15 is 0 Å². The lowest BCUT2D eigenvalue weighted by molar-refractivity contribution is -0.143. The van der Waals surface area contributed by atoms with Crippen LogP contribution in [0.25, 0.3) is 0 Å². The van der Waals surface area contributed by atoms with Crippen molar-refractivity contribution in [3.05, 3.63) is 42.2 Å². The van der Waals surface area contributed by atoms with Crippen molar-refractivity contribution in [2.75, 3.05) is 32.7 Å². The van der Waals surface area contributed by atoms with Crippen molar-refractivity contribution in [2.45, 2.75) is 32.0 Å². The van der Waals surface area contributed by atoms with Gasteiger partial charge in [-0.3, -0.25) is 14.5 Å². The zero-order valence-electron chi connectivity index (χ0n) is 15.9. The van der Waals surface area contributed by atoms with Crippen LogP contribution in [0, 0.1) is 0 Å². The largest absolute Gasteiger partial charge is 0.339 e. The summed E-state index contributed by atoms with van der Waals surface area (Å²) in [6.07, 6.45) is 3.35. The lowest BCUT2D eigenvalue weighted by Gasteiger charge is -2.42. The van der Waals surface area contributed by atoms with Crippen LogP contribution in [0.5, 0.6) is 0 Å². The van der Waals surface area contributed by atoms with Crippen LogP contribution in [0.2, 0.25) is 0 Å². The molecule has 9 heteroatoms. The quantitative estimate of drug-likeness (QED) is 0.723. The highest BCUT2D eigenvalue weighted by Crippen LogP contribution is 2.21. The van der Waals surface area contributed by atoms with Gasteiger partial charge in [-0.1, -0.05) is 30.3 Å². The van der Waals surface area contributed by atoms with Crippen molar-refractivity contribution >= 4 is 11.8 Å². The summed E-state index contributed by atoms with van der Waals surface area (Å²) < 4.78 is 1.43. The average Bonchev–Trinajstić information content (AvgIpc) is 3.24. The van der Waals surface area contributed by atoms with Gasteiger partial charge >= 0.3 is 0 Å². The van der Waals surface area contributed by atoms with Gasteiger partial charge in [0.25, 0.3) is 0 Å². The van der Waals surface area contributed by atoms with Gasteiger partial charge in [0, 0.05) is 39.3 Å². The van der Waals surface area contributed by atoms with Crippen molar-refractivity contribution in [3.63, 3.8) is 0 Å². The van der Waals surface area contributed by atoms with Gasteiger partial charge in [-0.25, -0.2) is 4.68 Å². The van der Waals surface area contributed by atoms with Crippen LogP contribution in [0.1, 0.15) is 18.4 Å². The predicted octanol–water partition coefficient (Wildman–Crippen LogP) is 0.00850. The molecule has 2 aromatic rings. The standard InChI is InChI=1S/C19H25N7O2/c27-18(14-26-15-20-21-22-26)24-11-9-23(10-12-24)17-7-4-8-25(19(17)28)13-16-5-2-1-3-6-16/h1-3,5-6,15,17H,4,7-14H2/t17-/m1/s1. The molecule has 0 N–H and O–H groups in total. The number of carbonyl (C=O) groups excluding carboxylic acids is 2. The van der Waals surface area contributed by atoms with Gasteiger partial charge in [0.15, 0.2) is 0 Å². The number of nitrogens with zero attached hydrogens (tertiary/aromatic N) is 7. The fourth-order valence-electron chi connectivity index (χ4n) is 3.99. The molecule has 2 aliphatic heterocycles. The van der Waals surface area contributed by atoms with Crippen LogP contribution in [-0.4, -0.2) is 85.5 Å². The van der Waals surface area contributed by atoms with Gasteiger partial charge in [0.2, 0.25) is 11.8 Å². The minimum Gasteiger partial charge on any atom is -0.339 e. The van der Waals surface area contributed by atoms with Crippen LogP contribution in [0.4, 0.5) is 0 Å². The molecule has 3 heterocycles. The molecule has 28 heavy (non-hydrogen) atoms. The number of tetrazole rings is 1. The fourth-order valence-corrected chi connectivity index (χ4v) is 3.99. The summed E-state index contributed by atoms with van der Waals surface area (Å²) in [5.41, 5.74) is 1.16. The number of carbonyl (C=O) groups is 2. The molecule has 2 aliphatic rings. The number of hydrogen-bond donors (Lipinski definition) is 0. The Labute approximate surface area is 163 Å². The van der Waals surface area contributed by atoms with Crippen molar-refractivity contribution in [3.8, 4) is 0 Å². The molecular formula is C19H25N7O2. The zero-order valence-corrected chi connectivity index (χ0v) is 15.9. The van der Waals surface area contributed by atoms with Gasteiger partial charge in [-0.2, -0.15) is 0 Å². The monoisotopic (exact) mass is 383 g/mol. The number of likely N-dealkylation sites (tertiary alicyclic amines) is 1. The van der Waals surface area contributed by atoms with Gasteiger partial charge in [0.05, 0.1) is 6.04 Å². The molecule has 4 rings (SSSR count). The summed E-state index contributed by atoms with van der Waals surface area (Å²) >= 11 is 0. The first-order chi connectivity index (χ1) is 13.7. The second-order valence-corrected chi connectivity index (χ2v) is 7.33. The van der Waals surface area contributed by atoms with E-state index in [0.717, 1.165) is 38.0 Å². The van der Waals surface area contributed by atoms with E-state index in [1.165, 1.54) is 11.0 Å². The Balaban J connectivity index is 1.31. The van der Waals surface area contributed by atoms with Gasteiger partial charge in [-0.15, -0.1) is 5.10 Å². The van der Waals surface area contributed by atoms with E-state index in [2.05, 4.69) is 32.6 Å². The minimum absolute atomic E-state index is 0.00706. The molecule has 1 atom stereocenters. The van der Waals surface area contributed by atoms with Gasteiger partial charge in [0.1, 0.15) is 12.9 Å². The minimum atomic E-state index is -0.0748. The Morgan fingerprint density at radius 3 is 2.57 bits per heavy atom. The molecular weight excluding hydrogens is 358 g/mol. The topological polar surface area (TPSA) is 87.5 Å². The summed E-state index contributed by atoms with van der Waals surface area (Å²) in [6.45, 7) is 4.33. The Morgan fingerprint density at radius 2 is 1.86 bits per heavy atom. The number of amides is 2. The molecule has 0 bridgehead atoms. The molecule has 0 aliphatic carbocycles. The Hall–Kier alpha value is -2.81. The number of benzene rings is 1. The summed E-state index contributed by atoms with van der Waals surface area (Å²) in [7, 11) is 0. The van der Waals surface area contributed by atoms with E-state index in [4.69, 9.17) is 0 Å². The maximum Gasteiger partial charge on any atom is 0.244 e. The molecule has 0 unspecified atom stereocenters. The second-order valence-electron chi connectivity index (χ2n) is 7.33. The first-order valence-corrected chi connectivity index (χ1v) is 9.76. The Morgan fingerprint density at radius 1 is 1.07 bits per heavy atom. The number of hydrogen-bond acceptors (Lipinski definition) is 6. The smallest absolute Gasteiger partial charge is 0.244 e. The highest BCUT2D eigenvalue weighted by Gasteiger charge is 2.35. The van der Waals surface area contributed by atoms with Crippen LogP contribution in [0.15, 0.2) is 36.7 Å². The van der Waals surface area contributed by atoms with Crippen LogP contribution in [0.3, 0.4) is 0 Å². The molecule has 2 fully saturated rings. The summed E-state index contributed by atoms with van der Waals surface area (Å²) in [5.74, 6) is 0.219. The van der Waals surface area contributed by atoms with Crippen molar-refractivity contribution in [1.29, 1.82) is 0 Å². The third-order valence-electron chi connectivity index (χ3n) is 5.52. The van der Waals surface area contributed by atoms with Gasteiger partial charge < -0.3 is 9.80 Å². The highest BCUT2D eigenvalue weighted by molar-refractivity contribution is 5.82. The summed E-state index contributed by atoms with van der Waals surface area (Å²) in [5, 5.41) is 10.8. The highest BCUT2D eigenvalue weighted by atomic mass is 16.2. The maximum atomic E-state index is 13.0. The summed E-state index contributed by atoms with van der Waals surface area (Å²) in [6, 6.07) is 10.1. The van der Waals surface area contributed by atoms with Crippen LogP contribution < -0.4 is 0 Å². The molecule has 2 amide bonds. The molecule has 9 nitrogen and oxygen atoms in total. The van der Waals surface area contributed by atoms with E-state index in [-0.39, 0.29) is 24.4 Å². The first-order valence-electron chi connectivity index (χ1n) is 9.76. The van der Waals surface area contributed by atoms with Gasteiger partial charge in [-0.05, 0) is 28.8 Å². The second kappa shape index (κ2) is 8.47. The van der Waals surface area contributed by atoms with Crippen molar-refractivity contribution < 1.29 is 9.59 Å². The molecule has 1 aromatic heterocycles. The predicted molar refractivity (Wildman–Crippen MR) is 101 cm³/mol. The Bertz CT molecular complexity index is 788. The van der Waals surface area contributed by atoms with E-state index in [9.17, 15) is 9.59 Å². The molecule has 2 saturated heterocycles. The Kier molecular flexibility index (Phi) is 5.61. The average molecular weight is 383 g/mol. The van der Waals surface area contributed by atoms with E-state index in [1.54, 1.807) is 0 Å². The molecule has 0 radical (unpaired) electrons. The molecule has 0 saturated carbocycles. The lowest BCUT2D eigenvalue weighted by atomic mass is 10.0. The van der Waals surface area contributed by atoms with Crippen molar-refractivity contribution in [1.82, 2.24) is 34.9 Å². The van der Waals surface area contributed by atoms with E-state index < -0.39 is 0 Å². The van der Waals surface area contributed by atoms with Crippen molar-refractivity contribution in [2.24, 2.45) is 0 Å². The number of piperidine rings is 1. The molecule has 1 aromatic carbocycles. The lowest BCUT2D eigenvalue weighted by Crippen LogP contribution is -2.58. The van der Waals surface area contributed by atoms with E-state index in [1.807, 2.05) is 28.0 Å². The first kappa shape index (κ1) is 18.5. The fraction of sp³-hybridized carbons (Fsp3) is 0.526. The third-order valence-corrected chi connectivity index (χ3v) is 5.52. The van der Waals surface area contributed by atoms with Crippen LogP contribution in [-0.2, 0) is 22.7 Å². The maximum absolute atomic E-state index is 13.0. The molecule has 0 spiro atoms. The third kappa shape index (κ3) is 4.19. The number of piperazine rings is 1. The molecule has 148 valence electrons. The summed E-state index contributed by atoms with van der Waals surface area (Å²) in [4.78, 5) is 31.5. The number of rotatable bonds is 5. The normalized spacial score (nSPS) is 21.1. The van der Waals surface area contributed by atoms with E-state index in [0.29, 0.717) is 19.6 Å². The SMILES string of the molecule is O=C(Cn1cnnn1)N1CCN([C@@H]2CCCN(Cc3ccccc3)C2=O)CC1. The zero-order chi connectivity index (χ0) is 19.3. The van der Waals surface area contributed by atoms with Crippen LogP contribution >= 0.6 is 0 Å². The number of aromatic nitrogens is 4.